The zero-order valence-electron chi connectivity index (χ0n) is 10.2. The van der Waals surface area contributed by atoms with Crippen LogP contribution in [-0.2, 0) is 6.42 Å². The molecule has 2 unspecified atom stereocenters. The Kier molecular flexibility index (Phi) is 3.74. The third-order valence-corrected chi connectivity index (χ3v) is 4.04. The summed E-state index contributed by atoms with van der Waals surface area (Å²) in [4.78, 5) is 0. The molecule has 0 radical (unpaired) electrons. The van der Waals surface area contributed by atoms with Crippen molar-refractivity contribution in [2.24, 2.45) is 11.3 Å². The highest BCUT2D eigenvalue weighted by atomic mass is 35.5. The molecule has 0 bridgehead atoms. The fraction of sp³-hybridized carbons (Fsp3) is 0.533. The van der Waals surface area contributed by atoms with E-state index in [9.17, 15) is 5.26 Å². The Morgan fingerprint density at radius 1 is 1.41 bits per heavy atom. The molecular formula is C15H18ClN. The van der Waals surface area contributed by atoms with Gasteiger partial charge in [0.1, 0.15) is 0 Å². The molecule has 0 amide bonds. The fourth-order valence-electron chi connectivity index (χ4n) is 2.95. The fourth-order valence-corrected chi connectivity index (χ4v) is 3.08. The predicted octanol–water partition coefficient (Wildman–Crippen LogP) is 4.60. The first-order valence-electron chi connectivity index (χ1n) is 6.29. The van der Waals surface area contributed by atoms with Gasteiger partial charge in [0.05, 0.1) is 11.5 Å². The number of nitriles is 1. The summed E-state index contributed by atoms with van der Waals surface area (Å²) in [7, 11) is 0. The Balaban J connectivity index is 2.14. The van der Waals surface area contributed by atoms with Crippen LogP contribution < -0.4 is 0 Å². The van der Waals surface area contributed by atoms with E-state index >= 15 is 0 Å². The molecule has 0 aliphatic heterocycles. The molecule has 2 atom stereocenters. The summed E-state index contributed by atoms with van der Waals surface area (Å²) in [5.74, 6) is 0.677. The van der Waals surface area contributed by atoms with E-state index in [4.69, 9.17) is 11.6 Å². The van der Waals surface area contributed by atoms with Crippen LogP contribution in [0.3, 0.4) is 0 Å². The van der Waals surface area contributed by atoms with Crippen molar-refractivity contribution >= 4 is 11.6 Å². The SMILES string of the molecule is CC1CCCC(C#N)(Cc2ccc(Cl)cc2)C1. The quantitative estimate of drug-likeness (QED) is 0.749. The van der Waals surface area contributed by atoms with Crippen LogP contribution in [-0.4, -0.2) is 0 Å². The molecule has 0 spiro atoms. The van der Waals surface area contributed by atoms with E-state index in [2.05, 4.69) is 13.0 Å². The van der Waals surface area contributed by atoms with Crippen molar-refractivity contribution in [2.75, 3.05) is 0 Å². The molecule has 1 saturated carbocycles. The van der Waals surface area contributed by atoms with Gasteiger partial charge in [0.2, 0.25) is 0 Å². The van der Waals surface area contributed by atoms with E-state index in [0.29, 0.717) is 5.92 Å². The highest BCUT2D eigenvalue weighted by molar-refractivity contribution is 6.30. The molecular weight excluding hydrogens is 230 g/mol. The number of halogens is 1. The van der Waals surface area contributed by atoms with Crippen molar-refractivity contribution in [1.29, 1.82) is 5.26 Å². The number of hydrogen-bond donors (Lipinski definition) is 0. The first kappa shape index (κ1) is 12.5. The van der Waals surface area contributed by atoms with Crippen molar-refractivity contribution in [3.63, 3.8) is 0 Å². The highest BCUT2D eigenvalue weighted by Crippen LogP contribution is 2.41. The zero-order chi connectivity index (χ0) is 12.3. The van der Waals surface area contributed by atoms with Gasteiger partial charge in [0, 0.05) is 5.02 Å². The third-order valence-electron chi connectivity index (χ3n) is 3.78. The minimum atomic E-state index is -0.147. The molecule has 1 aliphatic rings. The lowest BCUT2D eigenvalue weighted by molar-refractivity contribution is 0.209. The molecule has 1 aliphatic carbocycles. The molecule has 17 heavy (non-hydrogen) atoms. The van der Waals surface area contributed by atoms with Gasteiger partial charge in [-0.25, -0.2) is 0 Å². The monoisotopic (exact) mass is 247 g/mol. The average molecular weight is 248 g/mol. The molecule has 0 heterocycles. The Hall–Kier alpha value is -1.00. The molecule has 90 valence electrons. The van der Waals surface area contributed by atoms with Gasteiger partial charge in [-0.15, -0.1) is 0 Å². The summed E-state index contributed by atoms with van der Waals surface area (Å²) in [6, 6.07) is 10.5. The van der Waals surface area contributed by atoms with E-state index in [0.717, 1.165) is 24.3 Å². The second-order valence-corrected chi connectivity index (χ2v) is 5.83. The van der Waals surface area contributed by atoms with Crippen molar-refractivity contribution in [3.05, 3.63) is 34.9 Å². The van der Waals surface area contributed by atoms with Gasteiger partial charge in [-0.3, -0.25) is 0 Å². The summed E-state index contributed by atoms with van der Waals surface area (Å²) < 4.78 is 0. The minimum absolute atomic E-state index is 0.147. The molecule has 2 heteroatoms. The second-order valence-electron chi connectivity index (χ2n) is 5.40. The van der Waals surface area contributed by atoms with Gasteiger partial charge in [-0.05, 0) is 42.9 Å². The largest absolute Gasteiger partial charge is 0.198 e. The molecule has 0 N–H and O–H groups in total. The van der Waals surface area contributed by atoms with Crippen molar-refractivity contribution in [1.82, 2.24) is 0 Å². The van der Waals surface area contributed by atoms with Crippen LogP contribution in [0.1, 0.15) is 38.2 Å². The van der Waals surface area contributed by atoms with Crippen LogP contribution in [0, 0.1) is 22.7 Å². The molecule has 0 aromatic heterocycles. The first-order chi connectivity index (χ1) is 8.13. The van der Waals surface area contributed by atoms with Crippen LogP contribution in [0.5, 0.6) is 0 Å². The van der Waals surface area contributed by atoms with Crippen molar-refractivity contribution in [3.8, 4) is 6.07 Å². The maximum absolute atomic E-state index is 9.50. The number of benzene rings is 1. The van der Waals surface area contributed by atoms with Crippen LogP contribution in [0.15, 0.2) is 24.3 Å². The van der Waals surface area contributed by atoms with Gasteiger partial charge in [-0.2, -0.15) is 5.26 Å². The lowest BCUT2D eigenvalue weighted by Gasteiger charge is -2.34. The van der Waals surface area contributed by atoms with E-state index in [1.54, 1.807) is 0 Å². The summed E-state index contributed by atoms with van der Waals surface area (Å²) in [5.41, 5.74) is 1.08. The molecule has 1 aromatic carbocycles. The highest BCUT2D eigenvalue weighted by Gasteiger charge is 2.35. The summed E-state index contributed by atoms with van der Waals surface area (Å²) >= 11 is 5.88. The Morgan fingerprint density at radius 2 is 2.12 bits per heavy atom. The smallest absolute Gasteiger partial charge is 0.0693 e. The van der Waals surface area contributed by atoms with Crippen molar-refractivity contribution in [2.45, 2.75) is 39.0 Å². The summed E-state index contributed by atoms with van der Waals surface area (Å²) in [6.07, 6.45) is 5.39. The van der Waals surface area contributed by atoms with Crippen LogP contribution in [0.4, 0.5) is 0 Å². The molecule has 1 fully saturated rings. The zero-order valence-corrected chi connectivity index (χ0v) is 11.0. The van der Waals surface area contributed by atoms with Gasteiger partial charge in [0.15, 0.2) is 0 Å². The first-order valence-corrected chi connectivity index (χ1v) is 6.67. The van der Waals surface area contributed by atoms with E-state index in [-0.39, 0.29) is 5.41 Å². The topological polar surface area (TPSA) is 23.8 Å². The minimum Gasteiger partial charge on any atom is -0.198 e. The van der Waals surface area contributed by atoms with Crippen LogP contribution in [0.25, 0.3) is 0 Å². The number of rotatable bonds is 2. The van der Waals surface area contributed by atoms with E-state index in [1.165, 1.54) is 18.4 Å². The lowest BCUT2D eigenvalue weighted by Crippen LogP contribution is -2.28. The Morgan fingerprint density at radius 3 is 2.71 bits per heavy atom. The predicted molar refractivity (Wildman–Crippen MR) is 70.8 cm³/mol. The molecule has 0 saturated heterocycles. The normalized spacial score (nSPS) is 28.6. The molecule has 2 rings (SSSR count). The van der Waals surface area contributed by atoms with Gasteiger partial charge in [-0.1, -0.05) is 43.5 Å². The van der Waals surface area contributed by atoms with Gasteiger partial charge < -0.3 is 0 Å². The number of hydrogen-bond acceptors (Lipinski definition) is 1. The van der Waals surface area contributed by atoms with Gasteiger partial charge >= 0.3 is 0 Å². The standard InChI is InChI=1S/C15H18ClN/c1-12-3-2-8-15(9-12,11-17)10-13-4-6-14(16)7-5-13/h4-7,12H,2-3,8-10H2,1H3. The Labute approximate surface area is 108 Å². The summed E-state index contributed by atoms with van der Waals surface area (Å²) in [5, 5.41) is 10.3. The van der Waals surface area contributed by atoms with E-state index < -0.39 is 0 Å². The Bertz CT molecular complexity index is 418. The van der Waals surface area contributed by atoms with Crippen LogP contribution in [0.2, 0.25) is 5.02 Å². The molecule has 1 aromatic rings. The van der Waals surface area contributed by atoms with E-state index in [1.807, 2.05) is 24.3 Å². The maximum atomic E-state index is 9.50. The molecule has 1 nitrogen and oxygen atoms in total. The summed E-state index contributed by atoms with van der Waals surface area (Å²) in [6.45, 7) is 2.26. The maximum Gasteiger partial charge on any atom is 0.0693 e. The van der Waals surface area contributed by atoms with Crippen LogP contribution >= 0.6 is 11.6 Å². The van der Waals surface area contributed by atoms with Crippen molar-refractivity contribution < 1.29 is 0 Å². The van der Waals surface area contributed by atoms with Gasteiger partial charge in [0.25, 0.3) is 0 Å². The second kappa shape index (κ2) is 5.10. The third kappa shape index (κ3) is 3.01. The average Bonchev–Trinajstić information content (AvgIpc) is 2.32. The lowest BCUT2D eigenvalue weighted by atomic mass is 9.68. The number of nitrogens with zero attached hydrogens (tertiary/aromatic N) is 1.